The highest BCUT2D eigenvalue weighted by Crippen LogP contribution is 2.31. The van der Waals surface area contributed by atoms with Crippen LogP contribution in [0, 0.1) is 77.7 Å². The molecular formula is C66H88F2N24O42S6. The van der Waals surface area contributed by atoms with Crippen molar-refractivity contribution >= 4 is 119 Å². The molecule has 0 amide bonds. The van der Waals surface area contributed by atoms with Crippen LogP contribution in [0.3, 0.4) is 0 Å². The molecule has 0 radical (unpaired) electrons. The molecule has 1 fully saturated rings. The highest BCUT2D eigenvalue weighted by Gasteiger charge is 2.45. The molecule has 8 unspecified atom stereocenters. The van der Waals surface area contributed by atoms with Gasteiger partial charge in [0, 0.05) is 19.3 Å². The second kappa shape index (κ2) is 55.3. The Morgan fingerprint density at radius 3 is 1.24 bits per heavy atom. The SMILES string of the molecule is CS(=O)(=O)OCC(CO)n1cc(Cn2cnc([N+](=O)[O-])c2)nn1.CS(=O)(=O)OCC(O)C(O)Cn1cnc([N+](=O)[O-])c1.CS(=O)(=O)OCC(O)Cn1cnc([N+](=O)[O-])c1.CS(=O)(=O)OCC1OC(n2cnc([N+](=O)[O-])c2)C(O)C1O.CS(=O)(=O)OCCCC(=O)Cn1cnc([N+](=O)[O-])c1.Cc1ccc(S(=O)(=O)OCCCC(=O)Cn2cnc([N+](=O)[O-])c2)cc1.O=C(CC=C(F)F)Cn1cnc([N+](=O)[O-])c1. The Morgan fingerprint density at radius 1 is 0.464 bits per heavy atom. The molecular weight excluding hydrogens is 2030 g/mol. The van der Waals surface area contributed by atoms with E-state index in [4.69, 9.17) is 8.92 Å². The number of nitrogens with zero attached hydrogens (tertiary/aromatic N) is 24. The number of hydrogen-bond acceptors (Lipinski definition) is 51. The van der Waals surface area contributed by atoms with Gasteiger partial charge in [-0.05, 0) is 107 Å². The standard InChI is InChI=1S/C15H17N3O6S.C10H14N6O6S.C9H13N3O8S.C9H13N3O6S.C8H7F2N3O3.C8H13N3O7S.C7H11N3O6S/c1-12-4-6-14(7-5-12)25(22,23)24-8-2-3-13(19)9-17-10-15(16-11-17)18(20)21;1-23(20,21)22-6-9(5-17)15-3-8(12-13-15)2-14-4-10(11-7-14)16(18)19;1-21(17,18)19-3-5-7(13)8(14)9(20-5)11-2-6(10-4-11)12(15)16;1-19(16,17)18-4-2-3-8(13)5-11-6-9(10-7-11)12(14)15;9-7(10)2-1-6(14)3-12-4-8(11-5-12)13(15)16;1-19(16,17)18-4-7(13)6(12)2-10-3-8(9-5-10)11(14)15;1-17(14,15)16-4-6(11)2-9-3-7(8-5-9)10(12)13/h4-7,10-11H,2-3,8-9H2,1H3;3-4,7,9,17H,2,5-6H2,1H3;2,4-5,7-9,13-14H,3H2,1H3;6-7H,2-5H2,1H3;2,4-5H,1,3H2;3,5-7,12-13H,2,4H2,1H3;3,5-6,11H,2,4H2,1H3. The molecule has 74 heteroatoms. The fourth-order valence-corrected chi connectivity index (χ4v) is 13.0. The number of ether oxygens (including phenoxy) is 1. The molecule has 0 bridgehead atoms. The monoisotopic (exact) mass is 2120 g/mol. The van der Waals surface area contributed by atoms with Gasteiger partial charge in [-0.3, -0.25) is 44.0 Å². The number of aryl methyl sites for hydroxylation is 1. The first-order valence-electron chi connectivity index (χ1n) is 38.4. The lowest BCUT2D eigenvalue weighted by molar-refractivity contribution is -0.389. The number of benzene rings is 1. The average Bonchev–Trinajstić information content (AvgIpc) is 1.65. The van der Waals surface area contributed by atoms with Crippen molar-refractivity contribution in [1.29, 1.82) is 0 Å². The van der Waals surface area contributed by atoms with Crippen LogP contribution in [0.2, 0.25) is 0 Å². The maximum atomic E-state index is 12.0. The van der Waals surface area contributed by atoms with Crippen molar-refractivity contribution in [2.75, 3.05) is 77.5 Å². The third-order valence-electron chi connectivity index (χ3n) is 16.5. The third-order valence-corrected chi connectivity index (χ3v) is 20.6. The summed E-state index contributed by atoms with van der Waals surface area (Å²) in [6, 6.07) is 5.54. The number of halogens is 2. The van der Waals surface area contributed by atoms with Crippen LogP contribution in [-0.4, -0.2) is 329 Å². The molecule has 9 aromatic rings. The van der Waals surface area contributed by atoms with Crippen LogP contribution in [-0.2, 0) is 144 Å². The van der Waals surface area contributed by atoms with E-state index in [1.165, 1.54) is 81.9 Å². The summed E-state index contributed by atoms with van der Waals surface area (Å²) in [4.78, 5) is 127. The fourth-order valence-electron chi connectivity index (χ4n) is 10.1. The molecule has 774 valence electrons. The number of imidazole rings is 7. The van der Waals surface area contributed by atoms with E-state index >= 15 is 0 Å². The minimum absolute atomic E-state index is 0.0419. The van der Waals surface area contributed by atoms with Crippen LogP contribution in [0.5, 0.6) is 0 Å². The molecule has 0 saturated carbocycles. The fraction of sp³-hybridized carbons (Fsp3) is 0.485. The van der Waals surface area contributed by atoms with Crippen LogP contribution in [0.15, 0.2) is 135 Å². The lowest BCUT2D eigenvalue weighted by atomic mass is 10.1. The summed E-state index contributed by atoms with van der Waals surface area (Å²) in [5.74, 6) is -3.40. The highest BCUT2D eigenvalue weighted by atomic mass is 32.2. The second-order valence-corrected chi connectivity index (χ2v) is 38.2. The first kappa shape index (κ1) is 119. The molecule has 6 N–H and O–H groups in total. The molecule has 140 heavy (non-hydrogen) atoms. The number of aliphatic hydroxyl groups excluding tert-OH is 6. The van der Waals surface area contributed by atoms with Crippen LogP contribution < -0.4 is 0 Å². The average molecular weight is 2120 g/mol. The summed E-state index contributed by atoms with van der Waals surface area (Å²) in [7, 11) is -22.0. The summed E-state index contributed by atoms with van der Waals surface area (Å²) in [6.07, 6.45) is 11.8. The molecule has 1 saturated heterocycles. The zero-order chi connectivity index (χ0) is 106. The maximum absolute atomic E-state index is 12.0. The summed E-state index contributed by atoms with van der Waals surface area (Å²) in [6.45, 7) is -0.874. The lowest BCUT2D eigenvalue weighted by Gasteiger charge is -2.16. The van der Waals surface area contributed by atoms with E-state index in [-0.39, 0.29) is 130 Å². The molecule has 1 aliphatic heterocycles. The van der Waals surface area contributed by atoms with Crippen LogP contribution in [0.4, 0.5) is 49.5 Å². The number of carbonyl (C=O) groups excluding carboxylic acids is 3. The topological polar surface area (TPSA) is 899 Å². The number of allylic oxidation sites excluding steroid dienone is 1. The van der Waals surface area contributed by atoms with Crippen molar-refractivity contribution < 1.29 is 169 Å². The molecule has 1 aromatic carbocycles. The molecule has 0 aliphatic carbocycles. The van der Waals surface area contributed by atoms with E-state index < -0.39 is 200 Å². The predicted octanol–water partition coefficient (Wildman–Crippen LogP) is -1.55. The zero-order valence-electron chi connectivity index (χ0n) is 73.2. The van der Waals surface area contributed by atoms with Crippen molar-refractivity contribution in [3.63, 3.8) is 0 Å². The van der Waals surface area contributed by atoms with Crippen molar-refractivity contribution in [3.05, 3.63) is 212 Å². The number of rotatable bonds is 48. The van der Waals surface area contributed by atoms with Gasteiger partial charge in [0.1, 0.15) is 85.6 Å². The normalized spacial score (nSPS) is 15.0. The van der Waals surface area contributed by atoms with Crippen molar-refractivity contribution in [2.24, 2.45) is 0 Å². The van der Waals surface area contributed by atoms with Gasteiger partial charge in [-0.1, -0.05) is 22.9 Å². The van der Waals surface area contributed by atoms with Crippen LogP contribution >= 0.6 is 0 Å². The Labute approximate surface area is 787 Å². The minimum atomic E-state index is -3.84. The minimum Gasteiger partial charge on any atom is -0.394 e. The van der Waals surface area contributed by atoms with Gasteiger partial charge >= 0.3 is 40.7 Å². The number of aromatic nitrogens is 17. The Bertz CT molecular complexity index is 6440. The molecule has 8 aromatic heterocycles. The molecule has 66 nitrogen and oxygen atoms in total. The maximum Gasteiger partial charge on any atom is 0.381 e. The van der Waals surface area contributed by atoms with E-state index in [0.29, 0.717) is 11.8 Å². The number of Topliss-reactive ketones (excluding diaryl/α,β-unsaturated/α-hetero) is 3. The molecule has 9 heterocycles. The Kier molecular flexibility index (Phi) is 46.9. The molecule has 1 aliphatic rings. The van der Waals surface area contributed by atoms with Gasteiger partial charge in [-0.15, -0.1) is 5.10 Å². The first-order valence-corrected chi connectivity index (χ1v) is 48.9. The summed E-state index contributed by atoms with van der Waals surface area (Å²) in [5, 5.41) is 138. The summed E-state index contributed by atoms with van der Waals surface area (Å²) < 4.78 is 197. The molecule has 10 rings (SSSR count). The smallest absolute Gasteiger partial charge is 0.381 e. The third kappa shape index (κ3) is 46.7. The van der Waals surface area contributed by atoms with Crippen molar-refractivity contribution in [3.8, 4) is 0 Å². The summed E-state index contributed by atoms with van der Waals surface area (Å²) >= 11 is 0. The Hall–Kier alpha value is -13.6. The van der Waals surface area contributed by atoms with Gasteiger partial charge in [0.2, 0.25) is 44.3 Å². The number of carbonyl (C=O) groups is 3. The van der Waals surface area contributed by atoms with E-state index in [1.807, 2.05) is 6.92 Å². The molecule has 8 atom stereocenters. The first-order chi connectivity index (χ1) is 65.0. The van der Waals surface area contributed by atoms with E-state index in [9.17, 15) is 175 Å². The van der Waals surface area contributed by atoms with E-state index in [2.05, 4.69) is 66.1 Å². The number of nitro groups is 7. The van der Waals surface area contributed by atoms with Gasteiger partial charge in [-0.25, -0.2) is 4.68 Å². The van der Waals surface area contributed by atoms with E-state index in [1.54, 1.807) is 12.1 Å². The number of aliphatic hydroxyl groups is 6. The molecule has 0 spiro atoms. The number of ketones is 3. The predicted molar refractivity (Wildman–Crippen MR) is 458 cm³/mol. The van der Waals surface area contributed by atoms with Crippen molar-refractivity contribution in [2.45, 2.75) is 132 Å². The Balaban J connectivity index is 0.000000342. The second-order valence-electron chi connectivity index (χ2n) is 28.4. The van der Waals surface area contributed by atoms with Gasteiger partial charge in [0.25, 0.3) is 66.8 Å². The van der Waals surface area contributed by atoms with Crippen LogP contribution in [0.25, 0.3) is 0 Å². The lowest BCUT2D eigenvalue weighted by Crippen LogP contribution is -2.34. The Morgan fingerprint density at radius 2 is 0.836 bits per heavy atom. The largest absolute Gasteiger partial charge is 0.394 e. The van der Waals surface area contributed by atoms with Crippen molar-refractivity contribution in [1.82, 2.24) is 81.9 Å². The number of hydrogen-bond donors (Lipinski definition) is 6. The van der Waals surface area contributed by atoms with Gasteiger partial charge in [-0.2, -0.15) is 59.3 Å². The van der Waals surface area contributed by atoms with E-state index in [0.717, 1.165) is 97.6 Å². The van der Waals surface area contributed by atoms with Crippen LogP contribution in [0.1, 0.15) is 55.6 Å². The van der Waals surface area contributed by atoms with Gasteiger partial charge in [0.05, 0.1) is 134 Å². The highest BCUT2D eigenvalue weighted by molar-refractivity contribution is 7.87. The summed E-state index contributed by atoms with van der Waals surface area (Å²) in [5.41, 5.74) is 1.39. The zero-order valence-corrected chi connectivity index (χ0v) is 78.1. The van der Waals surface area contributed by atoms with Gasteiger partial charge in [0.15, 0.2) is 23.6 Å². The van der Waals surface area contributed by atoms with Gasteiger partial charge < -0.3 is 134 Å². The quantitative estimate of drug-likeness (QED) is 0.0109.